The van der Waals surface area contributed by atoms with Gasteiger partial charge >= 0.3 is 0 Å². The van der Waals surface area contributed by atoms with Gasteiger partial charge in [-0.25, -0.2) is 0 Å². The summed E-state index contributed by atoms with van der Waals surface area (Å²) in [5.74, 6) is 1.63. The van der Waals surface area contributed by atoms with Crippen LogP contribution in [0.3, 0.4) is 0 Å². The van der Waals surface area contributed by atoms with Gasteiger partial charge in [-0.2, -0.15) is 0 Å². The van der Waals surface area contributed by atoms with E-state index in [1.807, 2.05) is 6.92 Å². The van der Waals surface area contributed by atoms with E-state index in [0.717, 1.165) is 18.9 Å². The Morgan fingerprint density at radius 1 is 1.67 bits per heavy atom. The van der Waals surface area contributed by atoms with E-state index < -0.39 is 0 Å². The summed E-state index contributed by atoms with van der Waals surface area (Å²) in [6.45, 7) is 6.05. The predicted molar refractivity (Wildman–Crippen MR) is 35.4 cm³/mol. The van der Waals surface area contributed by atoms with Crippen molar-refractivity contribution in [2.24, 2.45) is 10.9 Å². The van der Waals surface area contributed by atoms with Crippen LogP contribution in [0.5, 0.6) is 0 Å². The van der Waals surface area contributed by atoms with E-state index in [2.05, 4.69) is 17.2 Å². The van der Waals surface area contributed by atoms with Crippen molar-refractivity contribution in [3.05, 3.63) is 5.32 Å². The van der Waals surface area contributed by atoms with Gasteiger partial charge in [-0.15, -0.1) is 0 Å². The Kier molecular flexibility index (Phi) is 2.24. The van der Waals surface area contributed by atoms with E-state index in [1.54, 1.807) is 0 Å². The van der Waals surface area contributed by atoms with E-state index >= 15 is 0 Å². The van der Waals surface area contributed by atoms with Crippen LogP contribution in [0.15, 0.2) is 4.99 Å². The van der Waals surface area contributed by atoms with Crippen LogP contribution in [0.1, 0.15) is 13.8 Å². The molecular formula is C6H11N2Rf-. The smallest absolute Gasteiger partial charge is 0 e. The number of nitrogens with zero attached hydrogens (tertiary/aromatic N) is 2. The van der Waals surface area contributed by atoms with E-state index in [4.69, 9.17) is 0 Å². The molecule has 0 aromatic heterocycles. The van der Waals surface area contributed by atoms with Gasteiger partial charge in [-0.1, -0.05) is 12.8 Å². The molecule has 0 spiro atoms. The van der Waals surface area contributed by atoms with Crippen molar-refractivity contribution >= 4 is 5.84 Å². The Morgan fingerprint density at radius 3 is 2.67 bits per heavy atom. The summed E-state index contributed by atoms with van der Waals surface area (Å²) in [5, 5.41) is 4.16. The fourth-order valence-corrected chi connectivity index (χ4v) is 0.684. The molecule has 1 unspecified atom stereocenters. The first-order chi connectivity index (χ1) is 3.79. The molecule has 3 heteroatoms. The minimum absolute atomic E-state index is 0. The number of hydrogen-bond donors (Lipinski definition) is 0. The van der Waals surface area contributed by atoms with Gasteiger partial charge in [0.05, 0.1) is 0 Å². The van der Waals surface area contributed by atoms with Crippen molar-refractivity contribution in [3.63, 3.8) is 0 Å². The third-order valence-electron chi connectivity index (χ3n) is 1.26. The van der Waals surface area contributed by atoms with Crippen LogP contribution in [-0.4, -0.2) is 18.9 Å². The Balaban J connectivity index is 0.000000640. The first-order valence-electron chi connectivity index (χ1n) is 2.97. The molecule has 48 valence electrons. The third-order valence-corrected chi connectivity index (χ3v) is 1.26. The van der Waals surface area contributed by atoms with E-state index in [9.17, 15) is 0 Å². The Morgan fingerprint density at radius 2 is 2.33 bits per heavy atom. The molecule has 0 N–H and O–H groups in total. The van der Waals surface area contributed by atoms with Crippen LogP contribution >= 0.6 is 0 Å². The average molecular weight is 378 g/mol. The molecule has 0 aliphatic carbocycles. The Hall–Kier alpha value is -1.53. The molecule has 0 aromatic carbocycles. The maximum atomic E-state index is 4.16. The summed E-state index contributed by atoms with van der Waals surface area (Å²) < 4.78 is 0. The minimum atomic E-state index is 0. The van der Waals surface area contributed by atoms with Crippen molar-refractivity contribution in [3.8, 4) is 0 Å². The van der Waals surface area contributed by atoms with Crippen molar-refractivity contribution in [2.45, 2.75) is 13.8 Å². The first kappa shape index (κ1) is 7.47. The zero-order valence-corrected chi connectivity index (χ0v) is 12.5. The summed E-state index contributed by atoms with van der Waals surface area (Å²) in [5.41, 5.74) is 0. The van der Waals surface area contributed by atoms with Gasteiger partial charge in [0, 0.05) is 0 Å². The predicted octanol–water partition coefficient (Wildman–Crippen LogP) is 1.43. The molecule has 0 radical (unpaired) electrons. The van der Waals surface area contributed by atoms with Gasteiger partial charge in [-0.05, 0) is 25.9 Å². The molecule has 1 heterocycles. The first-order valence-corrected chi connectivity index (χ1v) is 2.97. The molecule has 1 aliphatic heterocycles. The second-order valence-corrected chi connectivity index (χ2v) is 2.33. The van der Waals surface area contributed by atoms with Gasteiger partial charge in [0.25, 0.3) is 0 Å². The quantitative estimate of drug-likeness (QED) is 0.610. The standard InChI is InChI=1S/C6H11N2.Rf/c1-5-3-7-6(2)8-4-5;/h5H,3-4H2,1-2H3;/q-1;. The number of rotatable bonds is 0. The zero-order chi connectivity index (χ0) is 5.98. The molecule has 9 heavy (non-hydrogen) atoms. The SMILES string of the molecule is CC1=NCC(C)C[N-]1.[Rf]. The normalized spacial score (nSPS) is 25.6. The molecule has 0 saturated heterocycles. The molecule has 0 amide bonds. The van der Waals surface area contributed by atoms with E-state index in [1.165, 1.54) is 0 Å². The molecular weight excluding hydrogens is 367 g/mol. The van der Waals surface area contributed by atoms with Crippen molar-refractivity contribution in [1.29, 1.82) is 0 Å². The van der Waals surface area contributed by atoms with Crippen molar-refractivity contribution in [1.82, 2.24) is 0 Å². The van der Waals surface area contributed by atoms with Crippen LogP contribution in [-0.2, 0) is 0 Å². The topological polar surface area (TPSA) is 26.5 Å². The molecule has 2 nitrogen and oxygen atoms in total. The molecule has 0 fully saturated rings. The van der Waals surface area contributed by atoms with Crippen LogP contribution in [0.2, 0.25) is 0 Å². The summed E-state index contributed by atoms with van der Waals surface area (Å²) >= 11 is 0. The van der Waals surface area contributed by atoms with Crippen LogP contribution in [0.25, 0.3) is 5.32 Å². The summed E-state index contributed by atoms with van der Waals surface area (Å²) in [7, 11) is 0. The molecule has 1 rings (SSSR count). The van der Waals surface area contributed by atoms with Gasteiger partial charge in [0.15, 0.2) is 0 Å². The number of hydrogen-bond acceptors (Lipinski definition) is 1. The second kappa shape index (κ2) is 2.70. The molecule has 1 atom stereocenters. The number of aliphatic imine (C=N–C) groups is 1. The Labute approximate surface area is 50.0 Å². The fourth-order valence-electron chi connectivity index (χ4n) is 0.684. The molecule has 0 saturated carbocycles. The summed E-state index contributed by atoms with van der Waals surface area (Å²) in [6.07, 6.45) is 0. The van der Waals surface area contributed by atoms with E-state index in [0.29, 0.717) is 5.92 Å². The van der Waals surface area contributed by atoms with Crippen LogP contribution < -0.4 is 0 Å². The number of amidine groups is 1. The maximum Gasteiger partial charge on any atom is 0 e. The van der Waals surface area contributed by atoms with Crippen LogP contribution in [0.4, 0.5) is 0 Å². The molecule has 0 aromatic rings. The Bertz CT molecular complexity index is 112. The zero-order valence-electron chi connectivity index (χ0n) is 6.09. The van der Waals surface area contributed by atoms with Crippen molar-refractivity contribution < 1.29 is 0 Å². The van der Waals surface area contributed by atoms with Gasteiger partial charge in [-0.3, -0.25) is 0 Å². The molecule has 0 bridgehead atoms. The summed E-state index contributed by atoms with van der Waals surface area (Å²) in [6, 6.07) is 0. The maximum absolute atomic E-state index is 4.16. The summed E-state index contributed by atoms with van der Waals surface area (Å²) in [4.78, 5) is 4.16. The van der Waals surface area contributed by atoms with Gasteiger partial charge < -0.3 is 10.3 Å². The van der Waals surface area contributed by atoms with Crippen LogP contribution in [0, 0.1) is 5.92 Å². The van der Waals surface area contributed by atoms with Gasteiger partial charge in [0.1, 0.15) is 0 Å². The molecule has 1 aliphatic rings. The minimum Gasteiger partial charge on any atom is -0.469 e. The average Bonchev–Trinajstić information content (AvgIpc) is 1.77. The second-order valence-electron chi connectivity index (χ2n) is 2.33. The van der Waals surface area contributed by atoms with E-state index in [-0.39, 0.29) is 0 Å². The van der Waals surface area contributed by atoms with Crippen molar-refractivity contribution in [2.75, 3.05) is 13.1 Å². The fraction of sp³-hybridized carbons (Fsp3) is 0.833. The largest absolute Gasteiger partial charge is 0.469 e. The third kappa shape index (κ3) is 1.80. The van der Waals surface area contributed by atoms with Gasteiger partial charge in [0.2, 0.25) is 0 Å². The monoisotopic (exact) mass is 378 g/mol.